The molecular weight excluding hydrogens is 258 g/mol. The highest BCUT2D eigenvalue weighted by atomic mass is 16.5. The summed E-state index contributed by atoms with van der Waals surface area (Å²) in [7, 11) is 0. The van der Waals surface area contributed by atoms with Crippen LogP contribution in [0.15, 0.2) is 24.3 Å². The molecule has 0 atom stereocenters. The van der Waals surface area contributed by atoms with Gasteiger partial charge in [0.25, 0.3) is 0 Å². The molecule has 0 amide bonds. The van der Waals surface area contributed by atoms with Crippen LogP contribution in [0.5, 0.6) is 5.75 Å². The second kappa shape index (κ2) is 7.26. The fraction of sp³-hybridized carbons (Fsp3) is 0.533. The van der Waals surface area contributed by atoms with Gasteiger partial charge in [-0.15, -0.1) is 0 Å². The van der Waals surface area contributed by atoms with Crippen molar-refractivity contribution in [3.8, 4) is 5.75 Å². The van der Waals surface area contributed by atoms with Crippen molar-refractivity contribution in [2.75, 3.05) is 26.3 Å². The van der Waals surface area contributed by atoms with Crippen LogP contribution in [0, 0.1) is 0 Å². The van der Waals surface area contributed by atoms with Crippen LogP contribution in [0.4, 0.5) is 0 Å². The highest BCUT2D eigenvalue weighted by Crippen LogP contribution is 2.24. The van der Waals surface area contributed by atoms with Gasteiger partial charge in [-0.2, -0.15) is 0 Å². The predicted octanol–water partition coefficient (Wildman–Crippen LogP) is 1.61. The fourth-order valence-electron chi connectivity index (χ4n) is 2.33. The molecule has 0 radical (unpaired) electrons. The van der Waals surface area contributed by atoms with E-state index in [-0.39, 0.29) is 12.2 Å². The van der Waals surface area contributed by atoms with Crippen molar-refractivity contribution in [3.63, 3.8) is 0 Å². The van der Waals surface area contributed by atoms with Crippen LogP contribution in [-0.2, 0) is 0 Å². The Morgan fingerprint density at radius 1 is 1.25 bits per heavy atom. The molecule has 0 saturated heterocycles. The van der Waals surface area contributed by atoms with Crippen molar-refractivity contribution < 1.29 is 19.7 Å². The molecule has 0 aromatic heterocycles. The Hall–Kier alpha value is -1.59. The lowest BCUT2D eigenvalue weighted by molar-refractivity contribution is 0.0697. The fourth-order valence-corrected chi connectivity index (χ4v) is 2.33. The van der Waals surface area contributed by atoms with E-state index in [1.54, 1.807) is 12.1 Å². The normalized spacial score (nSPS) is 15.1. The van der Waals surface area contributed by atoms with E-state index in [0.29, 0.717) is 24.9 Å². The number of hydrogen-bond donors (Lipinski definition) is 2. The molecular formula is C15H21NO4. The monoisotopic (exact) mass is 279 g/mol. The first-order chi connectivity index (χ1) is 9.70. The minimum Gasteiger partial charge on any atom is -0.492 e. The third-order valence-corrected chi connectivity index (χ3v) is 3.73. The molecule has 5 heteroatoms. The Morgan fingerprint density at radius 3 is 2.45 bits per heavy atom. The summed E-state index contributed by atoms with van der Waals surface area (Å²) in [5, 5.41) is 17.9. The highest BCUT2D eigenvalue weighted by molar-refractivity contribution is 5.87. The van der Waals surface area contributed by atoms with Crippen molar-refractivity contribution in [2.45, 2.75) is 25.3 Å². The SMILES string of the molecule is O=C(O)c1ccc(OCCN(CCO)C2CCC2)cc1. The maximum absolute atomic E-state index is 10.7. The van der Waals surface area contributed by atoms with Crippen molar-refractivity contribution in [3.05, 3.63) is 29.8 Å². The van der Waals surface area contributed by atoms with Crippen molar-refractivity contribution in [2.24, 2.45) is 0 Å². The van der Waals surface area contributed by atoms with E-state index < -0.39 is 5.97 Å². The second-order valence-electron chi connectivity index (χ2n) is 5.02. The van der Waals surface area contributed by atoms with Crippen molar-refractivity contribution in [1.82, 2.24) is 4.90 Å². The molecule has 5 nitrogen and oxygen atoms in total. The number of benzene rings is 1. The smallest absolute Gasteiger partial charge is 0.335 e. The van der Waals surface area contributed by atoms with Crippen molar-refractivity contribution >= 4 is 5.97 Å². The summed E-state index contributed by atoms with van der Waals surface area (Å²) in [5.74, 6) is -0.261. The van der Waals surface area contributed by atoms with Crippen LogP contribution < -0.4 is 4.74 Å². The molecule has 20 heavy (non-hydrogen) atoms. The molecule has 0 spiro atoms. The summed E-state index contributed by atoms with van der Waals surface area (Å²) in [6, 6.07) is 7.00. The predicted molar refractivity (Wildman–Crippen MR) is 75.2 cm³/mol. The highest BCUT2D eigenvalue weighted by Gasteiger charge is 2.24. The first-order valence-electron chi connectivity index (χ1n) is 7.02. The molecule has 1 aromatic rings. The molecule has 1 fully saturated rings. The molecule has 0 bridgehead atoms. The number of aromatic carboxylic acids is 1. The van der Waals surface area contributed by atoms with E-state index in [1.807, 2.05) is 0 Å². The van der Waals surface area contributed by atoms with E-state index >= 15 is 0 Å². The van der Waals surface area contributed by atoms with E-state index in [9.17, 15) is 4.79 Å². The summed E-state index contributed by atoms with van der Waals surface area (Å²) < 4.78 is 5.62. The number of nitrogens with zero attached hydrogens (tertiary/aromatic N) is 1. The minimum absolute atomic E-state index is 0.170. The number of aliphatic hydroxyl groups is 1. The van der Waals surface area contributed by atoms with Gasteiger partial charge in [0.2, 0.25) is 0 Å². The molecule has 0 heterocycles. The van der Waals surface area contributed by atoms with Gasteiger partial charge in [-0.1, -0.05) is 6.42 Å². The number of ether oxygens (including phenoxy) is 1. The van der Waals surface area contributed by atoms with Crippen LogP contribution in [-0.4, -0.2) is 53.4 Å². The van der Waals surface area contributed by atoms with Gasteiger partial charge < -0.3 is 14.9 Å². The molecule has 2 rings (SSSR count). The first kappa shape index (κ1) is 14.8. The van der Waals surface area contributed by atoms with Gasteiger partial charge in [0.05, 0.1) is 12.2 Å². The Kier molecular flexibility index (Phi) is 5.38. The van der Waals surface area contributed by atoms with E-state index in [2.05, 4.69) is 4.90 Å². The van der Waals surface area contributed by atoms with Crippen molar-refractivity contribution in [1.29, 1.82) is 0 Å². The lowest BCUT2D eigenvalue weighted by Crippen LogP contribution is -2.43. The molecule has 110 valence electrons. The zero-order chi connectivity index (χ0) is 14.4. The molecule has 0 aliphatic heterocycles. The van der Waals surface area contributed by atoms with Crippen LogP contribution >= 0.6 is 0 Å². The number of carboxylic acid groups (broad SMARTS) is 1. The maximum atomic E-state index is 10.7. The maximum Gasteiger partial charge on any atom is 0.335 e. The minimum atomic E-state index is -0.935. The Balaban J connectivity index is 1.77. The second-order valence-corrected chi connectivity index (χ2v) is 5.02. The third kappa shape index (κ3) is 3.95. The van der Waals surface area contributed by atoms with Gasteiger partial charge in [0.15, 0.2) is 0 Å². The number of carboxylic acids is 1. The van der Waals surface area contributed by atoms with E-state index in [1.165, 1.54) is 31.4 Å². The van der Waals surface area contributed by atoms with E-state index in [4.69, 9.17) is 14.9 Å². The molecule has 2 N–H and O–H groups in total. The Morgan fingerprint density at radius 2 is 1.95 bits per heavy atom. The largest absolute Gasteiger partial charge is 0.492 e. The summed E-state index contributed by atoms with van der Waals surface area (Å²) in [6.07, 6.45) is 3.67. The topological polar surface area (TPSA) is 70.0 Å². The van der Waals surface area contributed by atoms with Gasteiger partial charge >= 0.3 is 5.97 Å². The van der Waals surface area contributed by atoms with Gasteiger partial charge in [0, 0.05) is 19.1 Å². The molecule has 1 aromatic carbocycles. The molecule has 1 aliphatic rings. The third-order valence-electron chi connectivity index (χ3n) is 3.73. The quantitative estimate of drug-likeness (QED) is 0.756. The van der Waals surface area contributed by atoms with Gasteiger partial charge in [-0.25, -0.2) is 4.79 Å². The average molecular weight is 279 g/mol. The standard InChI is InChI=1S/C15H21NO4/c17-10-8-16(13-2-1-3-13)9-11-20-14-6-4-12(5-7-14)15(18)19/h4-7,13,17H,1-3,8-11H2,(H,18,19). The van der Waals surface area contributed by atoms with Crippen LogP contribution in [0.1, 0.15) is 29.6 Å². The zero-order valence-electron chi connectivity index (χ0n) is 11.5. The number of hydrogen-bond acceptors (Lipinski definition) is 4. The van der Waals surface area contributed by atoms with E-state index in [0.717, 1.165) is 6.54 Å². The summed E-state index contributed by atoms with van der Waals surface area (Å²) in [4.78, 5) is 13.0. The summed E-state index contributed by atoms with van der Waals surface area (Å²) >= 11 is 0. The van der Waals surface area contributed by atoms with Crippen LogP contribution in [0.2, 0.25) is 0 Å². The zero-order valence-corrected chi connectivity index (χ0v) is 11.5. The summed E-state index contributed by atoms with van der Waals surface area (Å²) in [5.41, 5.74) is 0.258. The Bertz CT molecular complexity index is 428. The van der Waals surface area contributed by atoms with Gasteiger partial charge in [-0.05, 0) is 37.1 Å². The van der Waals surface area contributed by atoms with Crippen LogP contribution in [0.25, 0.3) is 0 Å². The number of carbonyl (C=O) groups is 1. The van der Waals surface area contributed by atoms with Gasteiger partial charge in [0.1, 0.15) is 12.4 Å². The summed E-state index contributed by atoms with van der Waals surface area (Å²) in [6.45, 7) is 2.19. The molecule has 1 aliphatic carbocycles. The van der Waals surface area contributed by atoms with Crippen LogP contribution in [0.3, 0.4) is 0 Å². The number of rotatable bonds is 8. The number of aliphatic hydroxyl groups excluding tert-OH is 1. The lowest BCUT2D eigenvalue weighted by atomic mass is 9.91. The average Bonchev–Trinajstić information content (AvgIpc) is 2.37. The van der Waals surface area contributed by atoms with Gasteiger partial charge in [-0.3, -0.25) is 4.90 Å². The Labute approximate surface area is 118 Å². The molecule has 0 unspecified atom stereocenters. The first-order valence-corrected chi connectivity index (χ1v) is 7.02. The molecule has 1 saturated carbocycles. The lowest BCUT2D eigenvalue weighted by Gasteiger charge is -2.37.